The SMILES string of the molecule is C(=C/c1ccccn1)/c1ccccn1. The second-order valence-electron chi connectivity index (χ2n) is 2.84. The van der Waals surface area contributed by atoms with Crippen LogP contribution in [0.1, 0.15) is 11.4 Å². The normalized spacial score (nSPS) is 10.6. The lowest BCUT2D eigenvalue weighted by molar-refractivity contribution is 1.28. The van der Waals surface area contributed by atoms with E-state index in [0.717, 1.165) is 11.4 Å². The fraction of sp³-hybridized carbons (Fsp3) is 0. The van der Waals surface area contributed by atoms with Crippen molar-refractivity contribution in [2.75, 3.05) is 0 Å². The molecule has 0 atom stereocenters. The number of nitrogens with zero attached hydrogens (tertiary/aromatic N) is 2. The Bertz CT molecular complexity index is 365. The van der Waals surface area contributed by atoms with Crippen molar-refractivity contribution < 1.29 is 0 Å². The van der Waals surface area contributed by atoms with E-state index in [9.17, 15) is 0 Å². The van der Waals surface area contributed by atoms with Gasteiger partial charge in [-0.2, -0.15) is 0 Å². The van der Waals surface area contributed by atoms with Crippen LogP contribution in [0.25, 0.3) is 12.2 Å². The summed E-state index contributed by atoms with van der Waals surface area (Å²) < 4.78 is 0. The van der Waals surface area contributed by atoms with Crippen molar-refractivity contribution in [3.8, 4) is 0 Å². The zero-order valence-corrected chi connectivity index (χ0v) is 7.67. The minimum Gasteiger partial charge on any atom is -0.257 e. The molecule has 0 aliphatic rings. The Hall–Kier alpha value is -1.96. The summed E-state index contributed by atoms with van der Waals surface area (Å²) in [4.78, 5) is 8.36. The van der Waals surface area contributed by atoms with Gasteiger partial charge in [-0.05, 0) is 36.4 Å². The minimum atomic E-state index is 0.943. The molecule has 0 N–H and O–H groups in total. The molecule has 0 radical (unpaired) electrons. The minimum absolute atomic E-state index is 0.943. The molecule has 0 saturated carbocycles. The third kappa shape index (κ3) is 2.26. The van der Waals surface area contributed by atoms with Crippen molar-refractivity contribution in [2.45, 2.75) is 0 Å². The van der Waals surface area contributed by atoms with E-state index in [2.05, 4.69) is 9.97 Å². The Morgan fingerprint density at radius 3 is 1.57 bits per heavy atom. The molecule has 0 aromatic carbocycles. The van der Waals surface area contributed by atoms with E-state index in [1.807, 2.05) is 48.6 Å². The molecule has 0 unspecified atom stereocenters. The summed E-state index contributed by atoms with van der Waals surface area (Å²) in [6.07, 6.45) is 7.45. The van der Waals surface area contributed by atoms with E-state index < -0.39 is 0 Å². The standard InChI is InChI=1S/C12H10N2/c1-3-9-13-11(5-1)7-8-12-6-2-4-10-14-12/h1-10H/b8-7-. The molecule has 0 bridgehead atoms. The molecule has 0 saturated heterocycles. The highest BCUT2D eigenvalue weighted by Crippen LogP contribution is 2.02. The van der Waals surface area contributed by atoms with Crippen LogP contribution in [0.4, 0.5) is 0 Å². The summed E-state index contributed by atoms with van der Waals surface area (Å²) in [7, 11) is 0. The zero-order valence-electron chi connectivity index (χ0n) is 7.67. The van der Waals surface area contributed by atoms with Crippen molar-refractivity contribution in [2.24, 2.45) is 0 Å². The second kappa shape index (κ2) is 4.33. The van der Waals surface area contributed by atoms with Crippen LogP contribution in [-0.2, 0) is 0 Å². The van der Waals surface area contributed by atoms with E-state index in [-0.39, 0.29) is 0 Å². The second-order valence-corrected chi connectivity index (χ2v) is 2.84. The summed E-state index contributed by atoms with van der Waals surface area (Å²) >= 11 is 0. The summed E-state index contributed by atoms with van der Waals surface area (Å²) in [5, 5.41) is 0. The van der Waals surface area contributed by atoms with Gasteiger partial charge in [-0.25, -0.2) is 0 Å². The molecule has 2 nitrogen and oxygen atoms in total. The van der Waals surface area contributed by atoms with Gasteiger partial charge in [0, 0.05) is 12.4 Å². The summed E-state index contributed by atoms with van der Waals surface area (Å²) in [6.45, 7) is 0. The number of pyridine rings is 2. The topological polar surface area (TPSA) is 25.8 Å². The van der Waals surface area contributed by atoms with Crippen LogP contribution >= 0.6 is 0 Å². The molecule has 2 heteroatoms. The molecule has 0 aliphatic heterocycles. The Kier molecular flexibility index (Phi) is 2.67. The quantitative estimate of drug-likeness (QED) is 0.713. The maximum Gasteiger partial charge on any atom is 0.0630 e. The molecule has 0 aliphatic carbocycles. The van der Waals surface area contributed by atoms with Gasteiger partial charge in [-0.15, -0.1) is 0 Å². The van der Waals surface area contributed by atoms with Crippen molar-refractivity contribution in [3.63, 3.8) is 0 Å². The first-order valence-electron chi connectivity index (χ1n) is 4.45. The van der Waals surface area contributed by atoms with E-state index in [1.165, 1.54) is 0 Å². The van der Waals surface area contributed by atoms with Gasteiger partial charge in [-0.3, -0.25) is 9.97 Å². The number of aromatic nitrogens is 2. The fourth-order valence-electron chi connectivity index (χ4n) is 1.12. The van der Waals surface area contributed by atoms with Crippen LogP contribution in [0, 0.1) is 0 Å². The first-order valence-corrected chi connectivity index (χ1v) is 4.45. The molecule has 2 heterocycles. The zero-order chi connectivity index (χ0) is 9.64. The van der Waals surface area contributed by atoms with Crippen molar-refractivity contribution in [1.82, 2.24) is 9.97 Å². The Balaban J connectivity index is 2.16. The molecule has 68 valence electrons. The van der Waals surface area contributed by atoms with Crippen LogP contribution in [0.5, 0.6) is 0 Å². The predicted octanol–water partition coefficient (Wildman–Crippen LogP) is 2.65. The first kappa shape index (κ1) is 8.63. The molecular formula is C12H10N2. The molecule has 0 spiro atoms. The van der Waals surface area contributed by atoms with Crippen molar-refractivity contribution in [3.05, 3.63) is 60.2 Å². The molecule has 2 aromatic rings. The number of hydrogen-bond donors (Lipinski definition) is 0. The van der Waals surface area contributed by atoms with Crippen molar-refractivity contribution >= 4 is 12.2 Å². The Labute approximate surface area is 83.0 Å². The predicted molar refractivity (Wildman–Crippen MR) is 57.4 cm³/mol. The number of hydrogen-bond acceptors (Lipinski definition) is 2. The Morgan fingerprint density at radius 2 is 1.21 bits per heavy atom. The highest BCUT2D eigenvalue weighted by Gasteiger charge is 1.86. The smallest absolute Gasteiger partial charge is 0.0630 e. The lowest BCUT2D eigenvalue weighted by Gasteiger charge is -1.91. The van der Waals surface area contributed by atoms with Crippen LogP contribution in [0.3, 0.4) is 0 Å². The highest BCUT2D eigenvalue weighted by molar-refractivity contribution is 5.65. The molecular weight excluding hydrogens is 172 g/mol. The van der Waals surface area contributed by atoms with E-state index >= 15 is 0 Å². The summed E-state index contributed by atoms with van der Waals surface area (Å²) in [5.41, 5.74) is 1.89. The summed E-state index contributed by atoms with van der Waals surface area (Å²) in [5.74, 6) is 0. The lowest BCUT2D eigenvalue weighted by atomic mass is 10.3. The maximum atomic E-state index is 4.18. The first-order chi connectivity index (χ1) is 6.95. The van der Waals surface area contributed by atoms with Crippen molar-refractivity contribution in [1.29, 1.82) is 0 Å². The van der Waals surface area contributed by atoms with Crippen LogP contribution in [0.2, 0.25) is 0 Å². The van der Waals surface area contributed by atoms with Gasteiger partial charge < -0.3 is 0 Å². The Morgan fingerprint density at radius 1 is 0.714 bits per heavy atom. The third-order valence-electron chi connectivity index (χ3n) is 1.80. The van der Waals surface area contributed by atoms with Gasteiger partial charge in [0.2, 0.25) is 0 Å². The molecule has 0 amide bonds. The monoisotopic (exact) mass is 182 g/mol. The van der Waals surface area contributed by atoms with Gasteiger partial charge in [0.15, 0.2) is 0 Å². The number of rotatable bonds is 2. The molecule has 2 rings (SSSR count). The van der Waals surface area contributed by atoms with Crippen LogP contribution in [-0.4, -0.2) is 9.97 Å². The highest BCUT2D eigenvalue weighted by atomic mass is 14.7. The van der Waals surface area contributed by atoms with Gasteiger partial charge in [0.05, 0.1) is 11.4 Å². The van der Waals surface area contributed by atoms with Crippen LogP contribution in [0.15, 0.2) is 48.8 Å². The molecule has 2 aromatic heterocycles. The van der Waals surface area contributed by atoms with Gasteiger partial charge in [0.1, 0.15) is 0 Å². The van der Waals surface area contributed by atoms with Gasteiger partial charge in [0.25, 0.3) is 0 Å². The van der Waals surface area contributed by atoms with Crippen LogP contribution < -0.4 is 0 Å². The average molecular weight is 182 g/mol. The lowest BCUT2D eigenvalue weighted by Crippen LogP contribution is -1.79. The fourth-order valence-corrected chi connectivity index (χ4v) is 1.12. The maximum absolute atomic E-state index is 4.18. The average Bonchev–Trinajstić information content (AvgIpc) is 2.29. The molecule has 14 heavy (non-hydrogen) atoms. The van der Waals surface area contributed by atoms with Gasteiger partial charge in [-0.1, -0.05) is 12.1 Å². The van der Waals surface area contributed by atoms with E-state index in [1.54, 1.807) is 12.4 Å². The van der Waals surface area contributed by atoms with Gasteiger partial charge >= 0.3 is 0 Å². The van der Waals surface area contributed by atoms with E-state index in [4.69, 9.17) is 0 Å². The third-order valence-corrected chi connectivity index (χ3v) is 1.80. The largest absolute Gasteiger partial charge is 0.257 e. The van der Waals surface area contributed by atoms with E-state index in [0.29, 0.717) is 0 Å². The summed E-state index contributed by atoms with van der Waals surface area (Å²) in [6, 6.07) is 11.6. The molecule has 0 fully saturated rings.